The van der Waals surface area contributed by atoms with Gasteiger partial charge in [0.2, 0.25) is 5.91 Å². The number of carbonyl (C=O) groups is 3. The van der Waals surface area contributed by atoms with Gasteiger partial charge in [0.05, 0.1) is 31.9 Å². The fourth-order valence-electron chi connectivity index (χ4n) is 2.26. The molecule has 0 unspecified atom stereocenters. The number of nitrogens with one attached hydrogen (secondary N) is 2. The van der Waals surface area contributed by atoms with Crippen molar-refractivity contribution in [1.29, 1.82) is 0 Å². The second-order valence-corrected chi connectivity index (χ2v) is 5.65. The van der Waals surface area contributed by atoms with E-state index in [9.17, 15) is 18.8 Å². The third-order valence-corrected chi connectivity index (χ3v) is 3.68. The van der Waals surface area contributed by atoms with Crippen LogP contribution in [0.1, 0.15) is 26.3 Å². The molecule has 0 fully saturated rings. The molecule has 0 bridgehead atoms. The lowest BCUT2D eigenvalue weighted by Crippen LogP contribution is -2.22. The fraction of sp³-hybridized carbons (Fsp3) is 0.211. The molecular weight excluding hydrogens is 355 g/mol. The lowest BCUT2D eigenvalue weighted by molar-refractivity contribution is -0.114. The van der Waals surface area contributed by atoms with Crippen molar-refractivity contribution in [3.8, 4) is 0 Å². The van der Waals surface area contributed by atoms with Crippen LogP contribution in [-0.2, 0) is 14.3 Å². The predicted octanol–water partition coefficient (Wildman–Crippen LogP) is 2.76. The SMILES string of the molecule is COC(=O)c1cc(NC(=O)CNc2ccc(C)c(F)c2)cc(C(=O)OC)c1. The average Bonchev–Trinajstić information content (AvgIpc) is 2.67. The topological polar surface area (TPSA) is 93.7 Å². The molecule has 142 valence electrons. The largest absolute Gasteiger partial charge is 0.465 e. The Balaban J connectivity index is 2.12. The summed E-state index contributed by atoms with van der Waals surface area (Å²) < 4.78 is 22.8. The maximum Gasteiger partial charge on any atom is 0.337 e. The number of ether oxygens (including phenoxy) is 2. The van der Waals surface area contributed by atoms with Crippen LogP contribution >= 0.6 is 0 Å². The number of halogens is 1. The fourth-order valence-corrected chi connectivity index (χ4v) is 2.26. The molecule has 7 nitrogen and oxygen atoms in total. The van der Waals surface area contributed by atoms with Gasteiger partial charge in [-0.1, -0.05) is 6.07 Å². The maximum absolute atomic E-state index is 13.5. The lowest BCUT2D eigenvalue weighted by Gasteiger charge is -2.11. The van der Waals surface area contributed by atoms with Crippen LogP contribution in [0.2, 0.25) is 0 Å². The highest BCUT2D eigenvalue weighted by Crippen LogP contribution is 2.17. The van der Waals surface area contributed by atoms with Crippen molar-refractivity contribution in [2.45, 2.75) is 6.92 Å². The molecule has 27 heavy (non-hydrogen) atoms. The Morgan fingerprint density at radius 1 is 0.926 bits per heavy atom. The van der Waals surface area contributed by atoms with Gasteiger partial charge in [-0.2, -0.15) is 0 Å². The van der Waals surface area contributed by atoms with Crippen molar-refractivity contribution in [3.63, 3.8) is 0 Å². The molecule has 0 aromatic heterocycles. The van der Waals surface area contributed by atoms with E-state index in [-0.39, 0.29) is 29.2 Å². The molecule has 0 radical (unpaired) electrons. The standard InChI is InChI=1S/C19H19FN2O5/c1-11-4-5-14(9-16(11)20)21-10-17(23)22-15-7-12(18(24)26-2)6-13(8-15)19(25)27-3/h4-9,21H,10H2,1-3H3,(H,22,23). The number of rotatable bonds is 6. The normalized spacial score (nSPS) is 10.1. The van der Waals surface area contributed by atoms with E-state index in [0.717, 1.165) is 0 Å². The van der Waals surface area contributed by atoms with Gasteiger partial charge < -0.3 is 20.1 Å². The Morgan fingerprint density at radius 3 is 2.04 bits per heavy atom. The molecule has 0 saturated carbocycles. The smallest absolute Gasteiger partial charge is 0.337 e. The van der Waals surface area contributed by atoms with Crippen molar-refractivity contribution >= 4 is 29.2 Å². The summed E-state index contributed by atoms with van der Waals surface area (Å²) in [5, 5.41) is 5.36. The molecule has 2 aromatic carbocycles. The van der Waals surface area contributed by atoms with Crippen molar-refractivity contribution < 1.29 is 28.2 Å². The Bertz CT molecular complexity index is 848. The average molecular weight is 374 g/mol. The van der Waals surface area contributed by atoms with Crippen LogP contribution in [0.3, 0.4) is 0 Å². The number of esters is 2. The Hall–Kier alpha value is -3.42. The highest BCUT2D eigenvalue weighted by Gasteiger charge is 2.15. The molecule has 0 spiro atoms. The van der Waals surface area contributed by atoms with E-state index >= 15 is 0 Å². The second kappa shape index (κ2) is 8.79. The van der Waals surface area contributed by atoms with Crippen LogP contribution in [0.25, 0.3) is 0 Å². The van der Waals surface area contributed by atoms with Gasteiger partial charge in [0.25, 0.3) is 0 Å². The van der Waals surface area contributed by atoms with Gasteiger partial charge in [-0.3, -0.25) is 4.79 Å². The first kappa shape index (κ1) is 19.9. The van der Waals surface area contributed by atoms with Crippen LogP contribution in [0, 0.1) is 12.7 Å². The van der Waals surface area contributed by atoms with E-state index < -0.39 is 17.8 Å². The van der Waals surface area contributed by atoms with Gasteiger partial charge in [0, 0.05) is 11.4 Å². The summed E-state index contributed by atoms with van der Waals surface area (Å²) in [5.41, 5.74) is 1.35. The Morgan fingerprint density at radius 2 is 1.52 bits per heavy atom. The van der Waals surface area contributed by atoms with E-state index in [1.807, 2.05) is 0 Å². The van der Waals surface area contributed by atoms with Crippen LogP contribution in [-0.4, -0.2) is 38.6 Å². The Labute approximate surface area is 155 Å². The number of hydrogen-bond donors (Lipinski definition) is 2. The number of hydrogen-bond acceptors (Lipinski definition) is 6. The van der Waals surface area contributed by atoms with Gasteiger partial charge in [-0.15, -0.1) is 0 Å². The summed E-state index contributed by atoms with van der Waals surface area (Å²) >= 11 is 0. The monoisotopic (exact) mass is 374 g/mol. The molecule has 2 aromatic rings. The number of methoxy groups -OCH3 is 2. The van der Waals surface area contributed by atoms with Gasteiger partial charge >= 0.3 is 11.9 Å². The minimum Gasteiger partial charge on any atom is -0.465 e. The summed E-state index contributed by atoms with van der Waals surface area (Å²) in [5.74, 6) is -2.16. The molecule has 0 heterocycles. The molecule has 0 atom stereocenters. The number of benzene rings is 2. The number of amides is 1. The lowest BCUT2D eigenvalue weighted by atomic mass is 10.1. The van der Waals surface area contributed by atoms with E-state index in [1.165, 1.54) is 38.5 Å². The van der Waals surface area contributed by atoms with Gasteiger partial charge in [0.15, 0.2) is 0 Å². The van der Waals surface area contributed by atoms with Crippen LogP contribution in [0.15, 0.2) is 36.4 Å². The quantitative estimate of drug-likeness (QED) is 0.755. The first-order valence-corrected chi connectivity index (χ1v) is 7.95. The summed E-state index contributed by atoms with van der Waals surface area (Å²) in [6.45, 7) is 1.50. The molecule has 0 aliphatic rings. The number of aryl methyl sites for hydroxylation is 1. The highest BCUT2D eigenvalue weighted by molar-refractivity contribution is 6.00. The van der Waals surface area contributed by atoms with Gasteiger partial charge in [-0.25, -0.2) is 14.0 Å². The van der Waals surface area contributed by atoms with E-state index in [2.05, 4.69) is 20.1 Å². The van der Waals surface area contributed by atoms with E-state index in [4.69, 9.17) is 0 Å². The predicted molar refractivity (Wildman–Crippen MR) is 97.4 cm³/mol. The molecular formula is C19H19FN2O5. The van der Waals surface area contributed by atoms with Crippen molar-refractivity contribution in [2.75, 3.05) is 31.4 Å². The Kier molecular flexibility index (Phi) is 6.48. The van der Waals surface area contributed by atoms with Crippen molar-refractivity contribution in [1.82, 2.24) is 0 Å². The summed E-state index contributed by atoms with van der Waals surface area (Å²) in [4.78, 5) is 35.6. The van der Waals surface area contributed by atoms with Crippen molar-refractivity contribution in [2.24, 2.45) is 0 Å². The molecule has 2 rings (SSSR count). The minimum atomic E-state index is -0.662. The van der Waals surface area contributed by atoms with Gasteiger partial charge in [-0.05, 0) is 42.8 Å². The summed E-state index contributed by atoms with van der Waals surface area (Å²) in [6, 6.07) is 8.59. The first-order chi connectivity index (χ1) is 12.8. The zero-order valence-corrected chi connectivity index (χ0v) is 15.1. The highest BCUT2D eigenvalue weighted by atomic mass is 19.1. The molecule has 0 saturated heterocycles. The number of carbonyl (C=O) groups excluding carboxylic acids is 3. The zero-order valence-electron chi connectivity index (χ0n) is 15.1. The molecule has 2 N–H and O–H groups in total. The van der Waals surface area contributed by atoms with E-state index in [0.29, 0.717) is 11.3 Å². The number of anilines is 2. The minimum absolute atomic E-state index is 0.0873. The van der Waals surface area contributed by atoms with Crippen molar-refractivity contribution in [3.05, 3.63) is 58.9 Å². The molecule has 8 heteroatoms. The van der Waals surface area contributed by atoms with Crippen LogP contribution in [0.5, 0.6) is 0 Å². The maximum atomic E-state index is 13.5. The summed E-state index contributed by atoms with van der Waals surface area (Å²) in [6.07, 6.45) is 0. The molecule has 1 amide bonds. The zero-order chi connectivity index (χ0) is 20.0. The van der Waals surface area contributed by atoms with Crippen LogP contribution in [0.4, 0.5) is 15.8 Å². The molecule has 0 aliphatic heterocycles. The van der Waals surface area contributed by atoms with Gasteiger partial charge in [0.1, 0.15) is 5.82 Å². The third kappa shape index (κ3) is 5.27. The molecule has 0 aliphatic carbocycles. The third-order valence-electron chi connectivity index (χ3n) is 3.68. The second-order valence-electron chi connectivity index (χ2n) is 5.65. The summed E-state index contributed by atoms with van der Waals surface area (Å²) in [7, 11) is 2.41. The first-order valence-electron chi connectivity index (χ1n) is 7.95. The van der Waals surface area contributed by atoms with E-state index in [1.54, 1.807) is 19.1 Å². The van der Waals surface area contributed by atoms with Crippen LogP contribution < -0.4 is 10.6 Å².